The molecule has 0 saturated carbocycles. The van der Waals surface area contributed by atoms with Gasteiger partial charge in [-0.3, -0.25) is 4.79 Å². The van der Waals surface area contributed by atoms with Gasteiger partial charge < -0.3 is 5.72 Å². The van der Waals surface area contributed by atoms with E-state index in [1.807, 2.05) is 0 Å². The van der Waals surface area contributed by atoms with E-state index in [0.29, 0.717) is 0 Å². The Morgan fingerprint density at radius 3 is 3.50 bits per heavy atom. The summed E-state index contributed by atoms with van der Waals surface area (Å²) in [6.07, 6.45) is 0. The van der Waals surface area contributed by atoms with Gasteiger partial charge in [0, 0.05) is 11.0 Å². The summed E-state index contributed by atoms with van der Waals surface area (Å²) in [6.45, 7) is -2.86. The molecule has 0 aliphatic carbocycles. The molecule has 0 saturated heterocycles. The van der Waals surface area contributed by atoms with Crippen LogP contribution in [0.5, 0.6) is 0 Å². The molecule has 0 aromatic carbocycles. The number of rotatable bonds is 0. The summed E-state index contributed by atoms with van der Waals surface area (Å²) in [5, 5.41) is 0. The molecule has 4 heavy (non-hydrogen) atoms. The molecule has 0 bridgehead atoms. The van der Waals surface area contributed by atoms with E-state index in [9.17, 15) is 4.79 Å². The van der Waals surface area contributed by atoms with Gasteiger partial charge in [-0.1, -0.05) is 0 Å². The average Bonchev–Trinajstić information content (AvgIpc) is 1.62. The molecule has 1 amide bonds. The summed E-state index contributed by atoms with van der Waals surface area (Å²) in [6, 6.07) is 0. The van der Waals surface area contributed by atoms with Crippen molar-refractivity contribution in [2.24, 2.45) is 5.72 Å². The van der Waals surface area contributed by atoms with Crippen molar-refractivity contribution >= 4 is 5.91 Å². The standard InChI is InChI=1S/C2H5NO/c1-2(3)4/h1H3,(H2,3,4)/i1+1D3,2+1/hD2. The summed E-state index contributed by atoms with van der Waals surface area (Å²) in [4.78, 5) is 10.2. The third kappa shape index (κ3) is 1.16. The maximum atomic E-state index is 10.2. The van der Waals surface area contributed by atoms with Crippen LogP contribution in [0.25, 0.3) is 0 Å². The Labute approximate surface area is 31.7 Å². The molecule has 0 spiro atoms. The quantitative estimate of drug-likeness (QED) is 0.380. The molecule has 24 valence electrons. The first-order valence-electron chi connectivity index (χ1n) is 3.07. The molecular weight excluding hydrogens is 56.0 g/mol. The highest BCUT2D eigenvalue weighted by Crippen LogP contribution is 1.33. The first-order chi connectivity index (χ1) is 3.85. The number of amides is 1. The Balaban J connectivity index is 4.06. The minimum atomic E-state index is -2.86. The van der Waals surface area contributed by atoms with Gasteiger partial charge in [-0.2, -0.15) is 0 Å². The van der Waals surface area contributed by atoms with Crippen LogP contribution in [0, 0.1) is 0 Å². The van der Waals surface area contributed by atoms with Crippen molar-refractivity contribution in [1.82, 2.24) is 0 Å². The highest BCUT2D eigenvalue weighted by atomic mass is 16.2. The molecule has 0 aliphatic rings. The van der Waals surface area contributed by atoms with Crippen LogP contribution >= 0.6 is 0 Å². The molecule has 0 aromatic heterocycles. The molecule has 0 fully saturated rings. The lowest BCUT2D eigenvalue weighted by molar-refractivity contribution is -0.115. The van der Waals surface area contributed by atoms with E-state index in [1.54, 1.807) is 0 Å². The molecule has 0 radical (unpaired) electrons. The van der Waals surface area contributed by atoms with E-state index >= 15 is 0 Å². The molecule has 0 aromatic rings. The second kappa shape index (κ2) is 0.875. The molecule has 0 atom stereocenters. The van der Waals surface area contributed by atoms with E-state index in [0.717, 1.165) is 0 Å². The molecule has 2 heteroatoms. The topological polar surface area (TPSA) is 43.1 Å². The number of hydrogen-bond acceptors (Lipinski definition) is 1. The zero-order valence-electron chi connectivity index (χ0n) is 6.86. The first kappa shape index (κ1) is 0.379. The predicted octanol–water partition coefficient (Wildman–Crippen LogP) is -0.508. The molecule has 2 nitrogen and oxygen atoms in total. The first-order valence-corrected chi connectivity index (χ1v) is 0.678. The Morgan fingerprint density at radius 1 is 2.75 bits per heavy atom. The van der Waals surface area contributed by atoms with Crippen molar-refractivity contribution in [1.29, 1.82) is 0 Å². The maximum Gasteiger partial charge on any atom is 0.214 e. The summed E-state index contributed by atoms with van der Waals surface area (Å²) < 4.78 is 31.6. The van der Waals surface area contributed by atoms with Gasteiger partial charge in [-0.25, -0.2) is 0 Å². The van der Waals surface area contributed by atoms with Crippen LogP contribution in [0.3, 0.4) is 0 Å². The van der Waals surface area contributed by atoms with E-state index in [-0.39, 0.29) is 0 Å². The van der Waals surface area contributed by atoms with Crippen LogP contribution in [0.1, 0.15) is 11.0 Å². The molecular formula is C2H5NO. The normalized spacial score (nSPS) is 26.5. The van der Waals surface area contributed by atoms with Crippen LogP contribution in [-0.2, 0) is 4.79 Å². The fourth-order valence-corrected chi connectivity index (χ4v) is 0. The lowest BCUT2D eigenvalue weighted by atomic mass is 11.7. The Kier molecular flexibility index (Phi) is 0.0830. The van der Waals surface area contributed by atoms with Crippen molar-refractivity contribution in [2.45, 2.75) is 6.85 Å². The second-order valence-electron chi connectivity index (χ2n) is 0.305. The highest BCUT2D eigenvalue weighted by Gasteiger charge is 1.61. The van der Waals surface area contributed by atoms with Crippen molar-refractivity contribution in [2.75, 3.05) is 0 Å². The monoisotopic (exact) mass is 66.1 g/mol. The number of carbonyl (C=O) groups excluding carboxylic acids is 1. The van der Waals surface area contributed by atoms with Gasteiger partial charge in [-0.15, -0.1) is 0 Å². The summed E-state index contributed by atoms with van der Waals surface area (Å²) in [7, 11) is 0. The van der Waals surface area contributed by atoms with E-state index in [2.05, 4.69) is 0 Å². The summed E-state index contributed by atoms with van der Waals surface area (Å²) in [5.74, 6) is -1.50. The van der Waals surface area contributed by atoms with Gasteiger partial charge in [0.15, 0.2) is 2.82 Å². The lowest BCUT2D eigenvalue weighted by Gasteiger charge is -1.60. The second-order valence-corrected chi connectivity index (χ2v) is 0.305. The summed E-state index contributed by atoms with van der Waals surface area (Å²) in [5.41, 5.74) is -0.451. The average molecular weight is 66.1 g/mol. The number of carbonyl (C=O) groups is 1. The van der Waals surface area contributed by atoms with Crippen LogP contribution in [-0.4, -0.2) is 5.91 Å². The lowest BCUT2D eigenvalue weighted by Crippen LogP contribution is -2.01. The highest BCUT2D eigenvalue weighted by molar-refractivity contribution is 5.70. The van der Waals surface area contributed by atoms with Crippen molar-refractivity contribution in [3.63, 3.8) is 0 Å². The fraction of sp³-hybridized carbons (Fsp3) is 0.500. The third-order valence-corrected chi connectivity index (χ3v) is 0. The van der Waals surface area contributed by atoms with E-state index in [4.69, 9.17) is 6.94 Å². The van der Waals surface area contributed by atoms with Crippen LogP contribution in [0.4, 0.5) is 0 Å². The van der Waals surface area contributed by atoms with Gasteiger partial charge in [0.1, 0.15) is 0 Å². The molecule has 2 N–H and O–H groups in total. The minimum Gasteiger partial charge on any atom is -0.370 e. The zero-order chi connectivity index (χ0) is 7.65. The van der Waals surface area contributed by atoms with E-state index < -0.39 is 18.5 Å². The third-order valence-electron chi connectivity index (χ3n) is 0. The molecule has 0 rings (SSSR count). The maximum absolute atomic E-state index is 10.2. The van der Waals surface area contributed by atoms with Crippen LogP contribution < -0.4 is 5.72 Å². The van der Waals surface area contributed by atoms with Gasteiger partial charge in [0.2, 0.25) is 5.91 Å². The number of hydrogen-bond donors (Lipinski definition) is 1. The Morgan fingerprint density at radius 2 is 3.50 bits per heavy atom. The fourth-order valence-electron chi connectivity index (χ4n) is 0. The van der Waals surface area contributed by atoms with Crippen molar-refractivity contribution < 1.29 is 11.7 Å². The molecule has 0 unspecified atom stereocenters. The van der Waals surface area contributed by atoms with Crippen molar-refractivity contribution in [3.05, 3.63) is 0 Å². The predicted molar refractivity (Wildman–Crippen MR) is 14.9 cm³/mol. The van der Waals surface area contributed by atoms with Gasteiger partial charge in [-0.05, 0) is 0 Å². The van der Waals surface area contributed by atoms with E-state index in [1.165, 1.54) is 0 Å². The van der Waals surface area contributed by atoms with Gasteiger partial charge in [0.25, 0.3) is 0 Å². The molecule has 0 heterocycles. The van der Waals surface area contributed by atoms with Gasteiger partial charge >= 0.3 is 0 Å². The number of nitrogens with two attached hydrogens (primary N) is 1. The minimum absolute atomic E-state index is 0.451. The largest absolute Gasteiger partial charge is 0.370 e. The van der Waals surface area contributed by atoms with Gasteiger partial charge in [0.05, 0.1) is 0 Å². The number of primary amides is 1. The summed E-state index contributed by atoms with van der Waals surface area (Å²) >= 11 is 0. The zero-order valence-corrected chi connectivity index (χ0v) is 1.86. The van der Waals surface area contributed by atoms with Crippen molar-refractivity contribution in [3.8, 4) is 0 Å². The molecule has 0 aliphatic heterocycles. The SMILES string of the molecule is [2H]N([2H])[13C](=O)[13C]([2H])([2H])[2H]. The van der Waals surface area contributed by atoms with Crippen LogP contribution in [0.15, 0.2) is 0 Å². The smallest absolute Gasteiger partial charge is 0.214 e. The van der Waals surface area contributed by atoms with Crippen LogP contribution in [0.2, 0.25) is 2.82 Å². The Bertz CT molecular complexity index is 117. The Hall–Kier alpha value is -0.530.